The van der Waals surface area contributed by atoms with Gasteiger partial charge in [-0.2, -0.15) is 0 Å². The van der Waals surface area contributed by atoms with Crippen molar-refractivity contribution in [3.8, 4) is 0 Å². The molecule has 22 heavy (non-hydrogen) atoms. The van der Waals surface area contributed by atoms with Gasteiger partial charge in [0, 0.05) is 26.2 Å². The SMILES string of the molecule is CCCCN(CCC)C(=O)C(=O)N(CC)Cc1ccccc1. The van der Waals surface area contributed by atoms with Crippen LogP contribution in [0.15, 0.2) is 30.3 Å². The van der Waals surface area contributed by atoms with Gasteiger partial charge in [0.15, 0.2) is 0 Å². The summed E-state index contributed by atoms with van der Waals surface area (Å²) in [5, 5.41) is 0. The molecule has 0 saturated carbocycles. The predicted octanol–water partition coefficient (Wildman–Crippen LogP) is 3.07. The Kier molecular flexibility index (Phi) is 8.26. The van der Waals surface area contributed by atoms with Crippen LogP contribution in [0.1, 0.15) is 45.6 Å². The Hall–Kier alpha value is -1.84. The first-order valence-corrected chi connectivity index (χ1v) is 8.26. The number of rotatable bonds is 8. The van der Waals surface area contributed by atoms with Crippen LogP contribution in [-0.4, -0.2) is 41.2 Å². The van der Waals surface area contributed by atoms with Crippen LogP contribution in [-0.2, 0) is 16.1 Å². The number of carbonyl (C=O) groups excluding carboxylic acids is 2. The second-order valence-corrected chi connectivity index (χ2v) is 5.45. The van der Waals surface area contributed by atoms with Crippen LogP contribution in [0.5, 0.6) is 0 Å². The van der Waals surface area contributed by atoms with Crippen molar-refractivity contribution in [1.82, 2.24) is 9.80 Å². The molecule has 0 fully saturated rings. The maximum absolute atomic E-state index is 12.5. The van der Waals surface area contributed by atoms with E-state index < -0.39 is 5.91 Å². The van der Waals surface area contributed by atoms with Gasteiger partial charge in [-0.15, -0.1) is 0 Å². The molecule has 0 aromatic heterocycles. The highest BCUT2D eigenvalue weighted by molar-refractivity contribution is 6.34. The highest BCUT2D eigenvalue weighted by Gasteiger charge is 2.25. The number of hydrogen-bond donors (Lipinski definition) is 0. The molecule has 0 N–H and O–H groups in total. The van der Waals surface area contributed by atoms with Crippen molar-refractivity contribution in [2.75, 3.05) is 19.6 Å². The Labute approximate surface area is 134 Å². The fraction of sp³-hybridized carbons (Fsp3) is 0.556. The van der Waals surface area contributed by atoms with Crippen LogP contribution in [0, 0.1) is 0 Å². The Bertz CT molecular complexity index is 459. The zero-order valence-electron chi connectivity index (χ0n) is 14.0. The predicted molar refractivity (Wildman–Crippen MR) is 89.3 cm³/mol. The second kappa shape index (κ2) is 9.98. The topological polar surface area (TPSA) is 40.6 Å². The zero-order valence-corrected chi connectivity index (χ0v) is 14.0. The van der Waals surface area contributed by atoms with Gasteiger partial charge >= 0.3 is 11.8 Å². The van der Waals surface area contributed by atoms with E-state index in [9.17, 15) is 9.59 Å². The summed E-state index contributed by atoms with van der Waals surface area (Å²) in [7, 11) is 0. The van der Waals surface area contributed by atoms with Crippen molar-refractivity contribution < 1.29 is 9.59 Å². The standard InChI is InChI=1S/C18H28N2O2/c1-4-7-14-20(13-5-2)18(22)17(21)19(6-3)15-16-11-9-8-10-12-16/h8-12H,4-7,13-15H2,1-3H3. The highest BCUT2D eigenvalue weighted by atomic mass is 16.2. The molecule has 122 valence electrons. The van der Waals surface area contributed by atoms with Gasteiger partial charge in [0.25, 0.3) is 0 Å². The van der Waals surface area contributed by atoms with E-state index in [-0.39, 0.29) is 5.91 Å². The van der Waals surface area contributed by atoms with Crippen LogP contribution in [0.3, 0.4) is 0 Å². The smallest absolute Gasteiger partial charge is 0.312 e. The molecule has 0 aliphatic heterocycles. The van der Waals surface area contributed by atoms with Crippen molar-refractivity contribution in [2.45, 2.75) is 46.6 Å². The molecular weight excluding hydrogens is 276 g/mol. The van der Waals surface area contributed by atoms with Gasteiger partial charge in [0.1, 0.15) is 0 Å². The molecule has 0 atom stereocenters. The van der Waals surface area contributed by atoms with Crippen LogP contribution in [0.4, 0.5) is 0 Å². The number of unbranched alkanes of at least 4 members (excludes halogenated alkanes) is 1. The number of nitrogens with zero attached hydrogens (tertiary/aromatic N) is 2. The molecule has 4 nitrogen and oxygen atoms in total. The quantitative estimate of drug-likeness (QED) is 0.693. The second-order valence-electron chi connectivity index (χ2n) is 5.45. The van der Waals surface area contributed by atoms with E-state index in [4.69, 9.17) is 0 Å². The Balaban J connectivity index is 2.73. The highest BCUT2D eigenvalue weighted by Crippen LogP contribution is 2.07. The largest absolute Gasteiger partial charge is 0.334 e. The summed E-state index contributed by atoms with van der Waals surface area (Å²) < 4.78 is 0. The number of amides is 2. The molecule has 0 spiro atoms. The van der Waals surface area contributed by atoms with Crippen molar-refractivity contribution in [1.29, 1.82) is 0 Å². The lowest BCUT2D eigenvalue weighted by Gasteiger charge is -2.26. The van der Waals surface area contributed by atoms with E-state index in [1.165, 1.54) is 0 Å². The zero-order chi connectivity index (χ0) is 16.4. The van der Waals surface area contributed by atoms with Crippen LogP contribution >= 0.6 is 0 Å². The summed E-state index contributed by atoms with van der Waals surface area (Å²) in [6.07, 6.45) is 2.82. The number of benzene rings is 1. The van der Waals surface area contributed by atoms with E-state index >= 15 is 0 Å². The van der Waals surface area contributed by atoms with Gasteiger partial charge in [0.05, 0.1) is 0 Å². The number of likely N-dealkylation sites (N-methyl/N-ethyl adjacent to an activating group) is 1. The summed E-state index contributed by atoms with van der Waals surface area (Å²) in [6, 6.07) is 9.78. The molecule has 2 amide bonds. The third kappa shape index (κ3) is 5.51. The van der Waals surface area contributed by atoms with E-state index in [2.05, 4.69) is 6.92 Å². The fourth-order valence-electron chi connectivity index (χ4n) is 2.34. The lowest BCUT2D eigenvalue weighted by molar-refractivity contribution is -0.152. The van der Waals surface area contributed by atoms with Gasteiger partial charge in [-0.05, 0) is 25.3 Å². The molecule has 0 heterocycles. The summed E-state index contributed by atoms with van der Waals surface area (Å²) in [4.78, 5) is 28.3. The summed E-state index contributed by atoms with van der Waals surface area (Å²) in [5.41, 5.74) is 1.04. The van der Waals surface area contributed by atoms with Gasteiger partial charge in [0.2, 0.25) is 0 Å². The third-order valence-corrected chi connectivity index (χ3v) is 3.63. The van der Waals surface area contributed by atoms with Gasteiger partial charge in [-0.3, -0.25) is 9.59 Å². The number of hydrogen-bond acceptors (Lipinski definition) is 2. The fourth-order valence-corrected chi connectivity index (χ4v) is 2.34. The molecular formula is C18H28N2O2. The minimum absolute atomic E-state index is 0.368. The normalized spacial score (nSPS) is 10.3. The Morgan fingerprint density at radius 2 is 1.50 bits per heavy atom. The van der Waals surface area contributed by atoms with Crippen molar-refractivity contribution in [3.05, 3.63) is 35.9 Å². The first-order chi connectivity index (χ1) is 10.6. The van der Waals surface area contributed by atoms with Crippen molar-refractivity contribution in [3.63, 3.8) is 0 Å². The van der Waals surface area contributed by atoms with Gasteiger partial charge < -0.3 is 9.80 Å². The average Bonchev–Trinajstić information content (AvgIpc) is 2.56. The Morgan fingerprint density at radius 3 is 2.05 bits per heavy atom. The van der Waals surface area contributed by atoms with Crippen molar-refractivity contribution >= 4 is 11.8 Å². The first-order valence-electron chi connectivity index (χ1n) is 8.26. The van der Waals surface area contributed by atoms with Gasteiger partial charge in [-0.25, -0.2) is 0 Å². The number of carbonyl (C=O) groups is 2. The summed E-state index contributed by atoms with van der Waals surface area (Å²) in [6.45, 7) is 8.35. The molecule has 0 bridgehead atoms. The molecule has 0 unspecified atom stereocenters. The lowest BCUT2D eigenvalue weighted by atomic mass is 10.2. The van der Waals surface area contributed by atoms with Crippen molar-refractivity contribution in [2.24, 2.45) is 0 Å². The van der Waals surface area contributed by atoms with Gasteiger partial charge in [-0.1, -0.05) is 50.6 Å². The van der Waals surface area contributed by atoms with E-state index in [1.807, 2.05) is 44.2 Å². The molecule has 4 heteroatoms. The van der Waals surface area contributed by atoms with E-state index in [1.54, 1.807) is 9.80 Å². The molecule has 0 aliphatic rings. The van der Waals surface area contributed by atoms with E-state index in [0.29, 0.717) is 26.2 Å². The lowest BCUT2D eigenvalue weighted by Crippen LogP contribution is -2.45. The van der Waals surface area contributed by atoms with Crippen LogP contribution in [0.2, 0.25) is 0 Å². The molecule has 1 aromatic rings. The minimum Gasteiger partial charge on any atom is -0.334 e. The maximum Gasteiger partial charge on any atom is 0.312 e. The van der Waals surface area contributed by atoms with Crippen LogP contribution < -0.4 is 0 Å². The molecule has 0 radical (unpaired) electrons. The minimum atomic E-state index is -0.393. The summed E-state index contributed by atoms with van der Waals surface area (Å²) in [5.74, 6) is -0.760. The monoisotopic (exact) mass is 304 g/mol. The van der Waals surface area contributed by atoms with Crippen LogP contribution in [0.25, 0.3) is 0 Å². The molecule has 0 aliphatic carbocycles. The third-order valence-electron chi connectivity index (χ3n) is 3.63. The summed E-state index contributed by atoms with van der Waals surface area (Å²) >= 11 is 0. The molecule has 1 rings (SSSR count). The molecule has 0 saturated heterocycles. The molecule has 1 aromatic carbocycles. The average molecular weight is 304 g/mol. The first kappa shape index (κ1) is 18.2. The van der Waals surface area contributed by atoms with E-state index in [0.717, 1.165) is 24.8 Å². The Morgan fingerprint density at radius 1 is 0.864 bits per heavy atom. The maximum atomic E-state index is 12.5.